The molecule has 0 fully saturated rings. The summed E-state index contributed by atoms with van der Waals surface area (Å²) >= 11 is 1.46. The van der Waals surface area contributed by atoms with Gasteiger partial charge in [-0.2, -0.15) is 0 Å². The molecular formula is C14H13NO4S. The van der Waals surface area contributed by atoms with E-state index < -0.39 is 6.10 Å². The Kier molecular flexibility index (Phi) is 3.58. The summed E-state index contributed by atoms with van der Waals surface area (Å²) in [6.45, 7) is 0.352. The van der Waals surface area contributed by atoms with Crippen LogP contribution in [0.2, 0.25) is 0 Å². The van der Waals surface area contributed by atoms with Gasteiger partial charge in [0.25, 0.3) is 5.91 Å². The largest absolute Gasteiger partial charge is 0.454 e. The summed E-state index contributed by atoms with van der Waals surface area (Å²) in [7, 11) is 0. The van der Waals surface area contributed by atoms with E-state index in [1.807, 2.05) is 17.5 Å². The quantitative estimate of drug-likeness (QED) is 0.903. The van der Waals surface area contributed by atoms with Crippen LogP contribution in [0.1, 0.15) is 21.3 Å². The number of hydrogen-bond donors (Lipinski definition) is 2. The highest BCUT2D eigenvalue weighted by Gasteiger charge is 2.17. The molecule has 1 aliphatic rings. The molecule has 2 heterocycles. The van der Waals surface area contributed by atoms with E-state index in [1.54, 1.807) is 18.2 Å². The van der Waals surface area contributed by atoms with Crippen molar-refractivity contribution in [3.63, 3.8) is 0 Å². The molecule has 0 bridgehead atoms. The van der Waals surface area contributed by atoms with E-state index in [4.69, 9.17) is 9.47 Å². The maximum absolute atomic E-state index is 12.0. The molecule has 1 aliphatic heterocycles. The normalized spacial score (nSPS) is 14.1. The van der Waals surface area contributed by atoms with Gasteiger partial charge in [0.1, 0.15) is 6.10 Å². The molecule has 0 radical (unpaired) electrons. The predicted molar refractivity (Wildman–Crippen MR) is 74.2 cm³/mol. The van der Waals surface area contributed by atoms with Crippen molar-refractivity contribution in [2.75, 3.05) is 13.3 Å². The fraction of sp³-hybridized carbons (Fsp3) is 0.214. The highest BCUT2D eigenvalue weighted by atomic mass is 32.1. The van der Waals surface area contributed by atoms with Crippen LogP contribution in [0.5, 0.6) is 11.5 Å². The lowest BCUT2D eigenvalue weighted by atomic mass is 10.2. The number of carbonyl (C=O) groups is 1. The van der Waals surface area contributed by atoms with Crippen molar-refractivity contribution in [2.24, 2.45) is 0 Å². The first-order valence-corrected chi connectivity index (χ1v) is 7.01. The van der Waals surface area contributed by atoms with E-state index in [2.05, 4.69) is 5.32 Å². The fourth-order valence-electron chi connectivity index (χ4n) is 1.91. The SMILES string of the molecule is O=C(NCC(O)c1cccs1)c1ccc2c(c1)OCO2. The van der Waals surface area contributed by atoms with Crippen molar-refractivity contribution in [1.29, 1.82) is 0 Å². The highest BCUT2D eigenvalue weighted by molar-refractivity contribution is 7.10. The van der Waals surface area contributed by atoms with Gasteiger partial charge in [0.15, 0.2) is 11.5 Å². The van der Waals surface area contributed by atoms with Crippen molar-refractivity contribution in [3.05, 3.63) is 46.2 Å². The standard InChI is InChI=1S/C14H13NO4S/c16-10(13-2-1-5-20-13)7-15-14(17)9-3-4-11-12(6-9)19-8-18-11/h1-6,10,16H,7-8H2,(H,15,17). The molecule has 20 heavy (non-hydrogen) atoms. The number of fused-ring (bicyclic) bond motifs is 1. The van der Waals surface area contributed by atoms with Gasteiger partial charge in [-0.15, -0.1) is 11.3 Å². The molecule has 0 saturated heterocycles. The topological polar surface area (TPSA) is 67.8 Å². The van der Waals surface area contributed by atoms with Crippen LogP contribution in [0.4, 0.5) is 0 Å². The number of amides is 1. The van der Waals surface area contributed by atoms with Gasteiger partial charge in [-0.25, -0.2) is 0 Å². The van der Waals surface area contributed by atoms with E-state index in [0.717, 1.165) is 4.88 Å². The summed E-state index contributed by atoms with van der Waals surface area (Å²) in [5.41, 5.74) is 0.479. The zero-order chi connectivity index (χ0) is 13.9. The second kappa shape index (κ2) is 5.52. The van der Waals surface area contributed by atoms with E-state index in [-0.39, 0.29) is 19.2 Å². The number of aliphatic hydroxyl groups is 1. The lowest BCUT2D eigenvalue weighted by Crippen LogP contribution is -2.28. The van der Waals surface area contributed by atoms with Crippen LogP contribution in [0.25, 0.3) is 0 Å². The Hall–Kier alpha value is -2.05. The Morgan fingerprint density at radius 2 is 2.20 bits per heavy atom. The molecular weight excluding hydrogens is 278 g/mol. The number of thiophene rings is 1. The fourth-order valence-corrected chi connectivity index (χ4v) is 2.62. The zero-order valence-electron chi connectivity index (χ0n) is 10.5. The third kappa shape index (κ3) is 2.61. The van der Waals surface area contributed by atoms with Gasteiger partial charge >= 0.3 is 0 Å². The van der Waals surface area contributed by atoms with Crippen molar-refractivity contribution >= 4 is 17.2 Å². The molecule has 2 aromatic rings. The van der Waals surface area contributed by atoms with Crippen molar-refractivity contribution in [3.8, 4) is 11.5 Å². The van der Waals surface area contributed by atoms with Gasteiger partial charge in [0.05, 0.1) is 0 Å². The van der Waals surface area contributed by atoms with Crippen LogP contribution >= 0.6 is 11.3 Å². The predicted octanol–water partition coefficient (Wildman–Crippen LogP) is 1.94. The van der Waals surface area contributed by atoms with Gasteiger partial charge in [0.2, 0.25) is 6.79 Å². The molecule has 0 saturated carbocycles. The van der Waals surface area contributed by atoms with Crippen LogP contribution < -0.4 is 14.8 Å². The first kappa shape index (κ1) is 13.0. The number of carbonyl (C=O) groups excluding carboxylic acids is 1. The number of rotatable bonds is 4. The molecule has 0 aliphatic carbocycles. The first-order valence-electron chi connectivity index (χ1n) is 6.13. The van der Waals surface area contributed by atoms with E-state index in [1.165, 1.54) is 11.3 Å². The molecule has 6 heteroatoms. The number of ether oxygens (including phenoxy) is 2. The molecule has 1 aromatic carbocycles. The van der Waals surface area contributed by atoms with Crippen molar-refractivity contribution in [1.82, 2.24) is 5.32 Å². The van der Waals surface area contributed by atoms with Gasteiger partial charge in [-0.1, -0.05) is 6.07 Å². The summed E-state index contributed by atoms with van der Waals surface area (Å²) in [5, 5.41) is 14.5. The average molecular weight is 291 g/mol. The number of hydrogen-bond acceptors (Lipinski definition) is 5. The summed E-state index contributed by atoms with van der Waals surface area (Å²) in [6, 6.07) is 8.70. The highest BCUT2D eigenvalue weighted by Crippen LogP contribution is 2.32. The van der Waals surface area contributed by atoms with E-state index in [0.29, 0.717) is 17.1 Å². The van der Waals surface area contributed by atoms with Crippen LogP contribution in [0.3, 0.4) is 0 Å². The van der Waals surface area contributed by atoms with Gasteiger partial charge in [-0.05, 0) is 29.6 Å². The maximum Gasteiger partial charge on any atom is 0.251 e. The van der Waals surface area contributed by atoms with Crippen molar-refractivity contribution in [2.45, 2.75) is 6.10 Å². The monoisotopic (exact) mass is 291 g/mol. The van der Waals surface area contributed by atoms with Crippen LogP contribution in [-0.4, -0.2) is 24.4 Å². The lowest BCUT2D eigenvalue weighted by Gasteiger charge is -2.10. The molecule has 5 nitrogen and oxygen atoms in total. The van der Waals surface area contributed by atoms with Crippen molar-refractivity contribution < 1.29 is 19.4 Å². The molecule has 104 valence electrons. The molecule has 1 aromatic heterocycles. The molecule has 2 N–H and O–H groups in total. The summed E-state index contributed by atoms with van der Waals surface area (Å²) < 4.78 is 10.4. The minimum Gasteiger partial charge on any atom is -0.454 e. The smallest absolute Gasteiger partial charge is 0.251 e. The Balaban J connectivity index is 1.62. The van der Waals surface area contributed by atoms with E-state index >= 15 is 0 Å². The van der Waals surface area contributed by atoms with Gasteiger partial charge in [-0.3, -0.25) is 4.79 Å². The van der Waals surface area contributed by atoms with Crippen LogP contribution in [0, 0.1) is 0 Å². The summed E-state index contributed by atoms with van der Waals surface area (Å²) in [5.74, 6) is 0.954. The van der Waals surface area contributed by atoms with Gasteiger partial charge in [0, 0.05) is 17.0 Å². The Morgan fingerprint density at radius 1 is 1.35 bits per heavy atom. The molecule has 3 rings (SSSR count). The Morgan fingerprint density at radius 3 is 3.00 bits per heavy atom. The average Bonchev–Trinajstić information content (AvgIpc) is 3.13. The van der Waals surface area contributed by atoms with E-state index in [9.17, 15) is 9.90 Å². The third-order valence-corrected chi connectivity index (χ3v) is 3.94. The van der Waals surface area contributed by atoms with Crippen LogP contribution in [-0.2, 0) is 0 Å². The first-order chi connectivity index (χ1) is 9.74. The summed E-state index contributed by atoms with van der Waals surface area (Å²) in [6.07, 6.45) is -0.687. The molecule has 1 unspecified atom stereocenters. The zero-order valence-corrected chi connectivity index (χ0v) is 11.4. The minimum atomic E-state index is -0.687. The molecule has 0 spiro atoms. The third-order valence-electron chi connectivity index (χ3n) is 2.96. The van der Waals surface area contributed by atoms with Gasteiger partial charge < -0.3 is 19.9 Å². The van der Waals surface area contributed by atoms with Crippen LogP contribution in [0.15, 0.2) is 35.7 Å². The number of aliphatic hydroxyl groups excluding tert-OH is 1. The lowest BCUT2D eigenvalue weighted by molar-refractivity contribution is 0.0917. The Bertz CT molecular complexity index is 612. The second-order valence-electron chi connectivity index (χ2n) is 4.31. The minimum absolute atomic E-state index is 0.174. The molecule has 1 amide bonds. The Labute approximate surface area is 119 Å². The maximum atomic E-state index is 12.0. The number of benzene rings is 1. The molecule has 1 atom stereocenters. The number of nitrogens with one attached hydrogen (secondary N) is 1. The summed E-state index contributed by atoms with van der Waals surface area (Å²) in [4.78, 5) is 12.8. The second-order valence-corrected chi connectivity index (χ2v) is 5.29.